The summed E-state index contributed by atoms with van der Waals surface area (Å²) in [4.78, 5) is 54.1. The molecule has 0 saturated heterocycles. The van der Waals surface area contributed by atoms with Crippen LogP contribution in [0.5, 0.6) is 0 Å². The molecule has 0 aromatic heterocycles. The van der Waals surface area contributed by atoms with Crippen molar-refractivity contribution in [2.24, 2.45) is 0 Å². The van der Waals surface area contributed by atoms with Crippen LogP contribution in [0.4, 0.5) is 11.4 Å². The Balaban J connectivity index is 3.24. The van der Waals surface area contributed by atoms with Gasteiger partial charge in [0.25, 0.3) is 0 Å². The summed E-state index contributed by atoms with van der Waals surface area (Å²) >= 11 is 0. The van der Waals surface area contributed by atoms with Gasteiger partial charge in [0.05, 0.1) is 11.4 Å². The van der Waals surface area contributed by atoms with Gasteiger partial charge in [0, 0.05) is 0 Å². The lowest BCUT2D eigenvalue weighted by Gasteiger charge is -2.11. The zero-order valence-corrected chi connectivity index (χ0v) is 10.1. The predicted octanol–water partition coefficient (Wildman–Crippen LogP) is -0.569. The van der Waals surface area contributed by atoms with Crippen molar-refractivity contribution in [1.82, 2.24) is 0 Å². The van der Waals surface area contributed by atoms with E-state index in [1.807, 2.05) is 10.6 Å². The molecule has 0 saturated carbocycles. The monoisotopic (exact) mass is 296 g/mol. The Labute approximate surface area is 116 Å². The summed E-state index contributed by atoms with van der Waals surface area (Å²) in [7, 11) is 0. The molecule has 1 aromatic carbocycles. The Morgan fingerprint density at radius 2 is 1.14 bits per heavy atom. The first-order valence-electron chi connectivity index (χ1n) is 5.19. The van der Waals surface area contributed by atoms with Crippen LogP contribution in [0.15, 0.2) is 18.2 Å². The minimum Gasteiger partial charge on any atom is -0.478 e. The Morgan fingerprint density at radius 1 is 0.762 bits per heavy atom. The highest BCUT2D eigenvalue weighted by molar-refractivity contribution is 6.38. The van der Waals surface area contributed by atoms with Crippen molar-refractivity contribution in [3.63, 3.8) is 0 Å². The van der Waals surface area contributed by atoms with Crippen LogP contribution in [0, 0.1) is 0 Å². The number of aromatic carboxylic acids is 1. The van der Waals surface area contributed by atoms with E-state index in [-0.39, 0.29) is 0 Å². The molecule has 5 N–H and O–H groups in total. The summed E-state index contributed by atoms with van der Waals surface area (Å²) in [5.41, 5.74) is -1.46. The van der Waals surface area contributed by atoms with Crippen LogP contribution in [0.2, 0.25) is 0 Å². The standard InChI is InChI=1S/C11H8N2O8/c14-7(10(18)19)12-4-2-1-3-5(6(4)9(16)17)13-8(15)11(20)21/h1-3H,(H,12,14)(H,13,15)(H,16,17)(H,18,19)(H,20,21). The third-order valence-corrected chi connectivity index (χ3v) is 2.16. The summed E-state index contributed by atoms with van der Waals surface area (Å²) in [5, 5.41) is 29.6. The SMILES string of the molecule is O=C(O)C(=O)Nc1cccc(NC(=O)C(=O)O)c1C(=O)O. The Bertz CT molecular complexity index is 605. The molecule has 0 aliphatic rings. The van der Waals surface area contributed by atoms with Gasteiger partial charge in [0.15, 0.2) is 0 Å². The minimum absolute atomic E-state index is 0.405. The highest BCUT2D eigenvalue weighted by Gasteiger charge is 2.22. The largest absolute Gasteiger partial charge is 0.478 e. The second-order valence-corrected chi connectivity index (χ2v) is 3.55. The van der Waals surface area contributed by atoms with Gasteiger partial charge in [-0.2, -0.15) is 0 Å². The van der Waals surface area contributed by atoms with Crippen LogP contribution in [0.25, 0.3) is 0 Å². The molecule has 0 spiro atoms. The first kappa shape index (κ1) is 15.6. The number of aliphatic carboxylic acids is 2. The molecule has 1 rings (SSSR count). The molecule has 0 fully saturated rings. The van der Waals surface area contributed by atoms with Gasteiger partial charge in [0.1, 0.15) is 5.56 Å². The lowest BCUT2D eigenvalue weighted by atomic mass is 10.1. The molecule has 21 heavy (non-hydrogen) atoms. The van der Waals surface area contributed by atoms with Gasteiger partial charge in [-0.15, -0.1) is 0 Å². The Hall–Kier alpha value is -3.43. The van der Waals surface area contributed by atoms with Gasteiger partial charge in [-0.3, -0.25) is 9.59 Å². The van der Waals surface area contributed by atoms with Crippen LogP contribution >= 0.6 is 0 Å². The number of hydrogen-bond donors (Lipinski definition) is 5. The Kier molecular flexibility index (Phi) is 4.57. The van der Waals surface area contributed by atoms with E-state index in [2.05, 4.69) is 0 Å². The molecule has 0 unspecified atom stereocenters. The van der Waals surface area contributed by atoms with E-state index in [9.17, 15) is 24.0 Å². The average molecular weight is 296 g/mol. The molecule has 0 aliphatic carbocycles. The fraction of sp³-hybridized carbons (Fsp3) is 0. The summed E-state index contributed by atoms with van der Waals surface area (Å²) in [6.07, 6.45) is 0. The van der Waals surface area contributed by atoms with Gasteiger partial charge in [-0.05, 0) is 12.1 Å². The third kappa shape index (κ3) is 3.76. The summed E-state index contributed by atoms with van der Waals surface area (Å²) < 4.78 is 0. The molecule has 0 atom stereocenters. The number of rotatable bonds is 3. The number of benzene rings is 1. The molecular formula is C11H8N2O8. The maximum Gasteiger partial charge on any atom is 0.394 e. The maximum atomic E-state index is 11.1. The maximum absolute atomic E-state index is 11.1. The molecule has 1 aromatic rings. The smallest absolute Gasteiger partial charge is 0.394 e. The zero-order chi connectivity index (χ0) is 16.2. The normalized spacial score (nSPS) is 9.52. The third-order valence-electron chi connectivity index (χ3n) is 2.16. The summed E-state index contributed by atoms with van der Waals surface area (Å²) in [6, 6.07) is 3.36. The number of carbonyl (C=O) groups is 5. The lowest BCUT2D eigenvalue weighted by molar-refractivity contribution is -0.147. The van der Waals surface area contributed by atoms with Crippen LogP contribution < -0.4 is 10.6 Å². The van der Waals surface area contributed by atoms with E-state index in [0.717, 1.165) is 12.1 Å². The van der Waals surface area contributed by atoms with E-state index in [1.165, 1.54) is 6.07 Å². The lowest BCUT2D eigenvalue weighted by Crippen LogP contribution is -2.25. The number of carbonyl (C=O) groups excluding carboxylic acids is 2. The van der Waals surface area contributed by atoms with E-state index in [0.29, 0.717) is 0 Å². The molecule has 0 bridgehead atoms. The number of carboxylic acids is 3. The van der Waals surface area contributed by atoms with E-state index in [4.69, 9.17) is 15.3 Å². The molecule has 2 amide bonds. The first-order valence-corrected chi connectivity index (χ1v) is 5.19. The highest BCUT2D eigenvalue weighted by atomic mass is 16.4. The quantitative estimate of drug-likeness (QED) is 0.461. The second kappa shape index (κ2) is 6.14. The van der Waals surface area contributed by atoms with E-state index in [1.54, 1.807) is 0 Å². The van der Waals surface area contributed by atoms with Gasteiger partial charge in [-0.1, -0.05) is 6.07 Å². The number of nitrogens with one attached hydrogen (secondary N) is 2. The van der Waals surface area contributed by atoms with Gasteiger partial charge < -0.3 is 26.0 Å². The van der Waals surface area contributed by atoms with Crippen molar-refractivity contribution < 1.29 is 39.3 Å². The number of anilines is 2. The van der Waals surface area contributed by atoms with Crippen LogP contribution in [-0.2, 0) is 19.2 Å². The van der Waals surface area contributed by atoms with Crippen molar-refractivity contribution >= 4 is 41.1 Å². The molecule has 10 nitrogen and oxygen atoms in total. The fourth-order valence-electron chi connectivity index (χ4n) is 1.34. The van der Waals surface area contributed by atoms with Crippen molar-refractivity contribution in [2.75, 3.05) is 10.6 Å². The highest BCUT2D eigenvalue weighted by Crippen LogP contribution is 2.24. The molecule has 0 aliphatic heterocycles. The van der Waals surface area contributed by atoms with Gasteiger partial charge >= 0.3 is 29.7 Å². The minimum atomic E-state index is -1.84. The molecular weight excluding hydrogens is 288 g/mol. The van der Waals surface area contributed by atoms with E-state index < -0.39 is 46.7 Å². The van der Waals surface area contributed by atoms with Crippen LogP contribution in [0.1, 0.15) is 10.4 Å². The molecule has 10 heteroatoms. The van der Waals surface area contributed by atoms with Crippen LogP contribution in [-0.4, -0.2) is 45.0 Å². The number of carboxylic acid groups (broad SMARTS) is 3. The molecule has 0 heterocycles. The molecule has 110 valence electrons. The zero-order valence-electron chi connectivity index (χ0n) is 10.1. The summed E-state index contributed by atoms with van der Waals surface area (Å²) in [5.74, 6) is -8.26. The second-order valence-electron chi connectivity index (χ2n) is 3.55. The molecule has 0 radical (unpaired) electrons. The van der Waals surface area contributed by atoms with Crippen molar-refractivity contribution in [1.29, 1.82) is 0 Å². The van der Waals surface area contributed by atoms with E-state index >= 15 is 0 Å². The van der Waals surface area contributed by atoms with Gasteiger partial charge in [0.2, 0.25) is 0 Å². The first-order chi connectivity index (χ1) is 9.73. The Morgan fingerprint density at radius 3 is 1.43 bits per heavy atom. The summed E-state index contributed by atoms with van der Waals surface area (Å²) in [6.45, 7) is 0. The predicted molar refractivity (Wildman–Crippen MR) is 65.9 cm³/mol. The van der Waals surface area contributed by atoms with Crippen molar-refractivity contribution in [3.8, 4) is 0 Å². The van der Waals surface area contributed by atoms with Gasteiger partial charge in [-0.25, -0.2) is 14.4 Å². The van der Waals surface area contributed by atoms with Crippen molar-refractivity contribution in [3.05, 3.63) is 23.8 Å². The topological polar surface area (TPSA) is 170 Å². The number of amides is 2. The van der Waals surface area contributed by atoms with Crippen LogP contribution in [0.3, 0.4) is 0 Å². The van der Waals surface area contributed by atoms with Crippen molar-refractivity contribution in [2.45, 2.75) is 0 Å². The fourth-order valence-corrected chi connectivity index (χ4v) is 1.34. The number of hydrogen-bond acceptors (Lipinski definition) is 5. The average Bonchev–Trinajstić information content (AvgIpc) is 2.38.